The van der Waals surface area contributed by atoms with Crippen molar-refractivity contribution in [2.24, 2.45) is 5.73 Å². The van der Waals surface area contributed by atoms with Gasteiger partial charge in [-0.25, -0.2) is 0 Å². The Morgan fingerprint density at radius 3 is 3.11 bits per heavy atom. The monoisotopic (exact) mass is 140 g/mol. The number of rotatable bonds is 3. The van der Waals surface area contributed by atoms with Gasteiger partial charge in [0.05, 0.1) is 0 Å². The van der Waals surface area contributed by atoms with Crippen LogP contribution in [0.25, 0.3) is 0 Å². The van der Waals surface area contributed by atoms with Crippen LogP contribution in [0.1, 0.15) is 11.3 Å². The van der Waals surface area contributed by atoms with E-state index < -0.39 is 0 Å². The van der Waals surface area contributed by atoms with Gasteiger partial charge in [0.1, 0.15) is 0 Å². The third-order valence-electron chi connectivity index (χ3n) is 1.06. The van der Waals surface area contributed by atoms with Crippen LogP contribution >= 0.6 is 11.3 Å². The van der Waals surface area contributed by atoms with E-state index in [1.165, 1.54) is 4.88 Å². The molecule has 0 unspecified atom stereocenters. The second-order valence-corrected chi connectivity index (χ2v) is 2.78. The van der Waals surface area contributed by atoms with Crippen molar-refractivity contribution in [1.29, 1.82) is 0 Å². The Bertz CT molecular complexity index is 146. The van der Waals surface area contributed by atoms with E-state index in [1.54, 1.807) is 11.3 Å². The summed E-state index contributed by atoms with van der Waals surface area (Å²) >= 11 is 1.75. The van der Waals surface area contributed by atoms with Crippen molar-refractivity contribution >= 4 is 11.3 Å². The Hall–Kier alpha value is -0.340. The topological polar surface area (TPSA) is 26.0 Å². The summed E-state index contributed by atoms with van der Waals surface area (Å²) in [5, 5.41) is 2.07. The van der Waals surface area contributed by atoms with Gasteiger partial charge in [-0.1, -0.05) is 6.07 Å². The van der Waals surface area contributed by atoms with E-state index in [9.17, 15) is 0 Å². The fourth-order valence-corrected chi connectivity index (χ4v) is 1.32. The van der Waals surface area contributed by atoms with E-state index in [4.69, 9.17) is 5.73 Å². The van der Waals surface area contributed by atoms with Crippen LogP contribution in [0.15, 0.2) is 17.5 Å². The minimum Gasteiger partial charge on any atom is -0.330 e. The molecule has 1 rings (SSSR count). The zero-order valence-corrected chi connectivity index (χ0v) is 6.03. The molecule has 1 nitrogen and oxygen atoms in total. The zero-order valence-electron chi connectivity index (χ0n) is 5.21. The van der Waals surface area contributed by atoms with Gasteiger partial charge in [0, 0.05) is 11.3 Å². The molecule has 2 N–H and O–H groups in total. The summed E-state index contributed by atoms with van der Waals surface area (Å²) in [7, 11) is 0. The molecule has 0 aliphatic rings. The fourth-order valence-electron chi connectivity index (χ4n) is 0.633. The predicted octanol–water partition coefficient (Wildman–Crippen LogP) is 1.65. The van der Waals surface area contributed by atoms with Crippen LogP contribution in [-0.4, -0.2) is 6.54 Å². The van der Waals surface area contributed by atoms with E-state index in [0.29, 0.717) is 0 Å². The van der Waals surface area contributed by atoms with Crippen molar-refractivity contribution in [3.8, 4) is 0 Å². The van der Waals surface area contributed by atoms with Crippen LogP contribution in [0.2, 0.25) is 0 Å². The van der Waals surface area contributed by atoms with Crippen LogP contribution < -0.4 is 5.73 Å². The first-order chi connectivity index (χ1) is 4.43. The van der Waals surface area contributed by atoms with Crippen LogP contribution in [0.3, 0.4) is 0 Å². The van der Waals surface area contributed by atoms with E-state index in [-0.39, 0.29) is 0 Å². The standard InChI is InChI=1S/C7H10NS/c8-5-1-3-7-4-2-6-9-7/h2-4,6H,1,5,8H2. The molecule has 49 valence electrons. The molecule has 0 amide bonds. The Morgan fingerprint density at radius 1 is 1.67 bits per heavy atom. The summed E-state index contributed by atoms with van der Waals surface area (Å²) in [6.45, 7) is 0.748. The van der Waals surface area contributed by atoms with Crippen LogP contribution in [-0.2, 0) is 0 Å². The van der Waals surface area contributed by atoms with Gasteiger partial charge in [-0.3, -0.25) is 0 Å². The molecule has 0 bridgehead atoms. The molecular weight excluding hydrogens is 130 g/mol. The number of thiophene rings is 1. The maximum Gasteiger partial charge on any atom is 0.00830 e. The van der Waals surface area contributed by atoms with E-state index in [2.05, 4.69) is 17.9 Å². The number of hydrogen-bond acceptors (Lipinski definition) is 2. The van der Waals surface area contributed by atoms with Gasteiger partial charge in [-0.2, -0.15) is 0 Å². The minimum atomic E-state index is 0.748. The van der Waals surface area contributed by atoms with E-state index >= 15 is 0 Å². The average molecular weight is 140 g/mol. The van der Waals surface area contributed by atoms with Crippen molar-refractivity contribution in [1.82, 2.24) is 0 Å². The third-order valence-corrected chi connectivity index (χ3v) is 1.92. The molecule has 1 aromatic heterocycles. The highest BCUT2D eigenvalue weighted by atomic mass is 32.1. The Labute approximate surface area is 59.5 Å². The zero-order chi connectivity index (χ0) is 6.53. The van der Waals surface area contributed by atoms with Crippen LogP contribution in [0.5, 0.6) is 0 Å². The SMILES string of the molecule is NCC[CH]c1cccs1. The van der Waals surface area contributed by atoms with E-state index in [0.717, 1.165) is 13.0 Å². The summed E-state index contributed by atoms with van der Waals surface area (Å²) < 4.78 is 0. The summed E-state index contributed by atoms with van der Waals surface area (Å²) in [4.78, 5) is 1.32. The first-order valence-corrected chi connectivity index (χ1v) is 3.88. The summed E-state index contributed by atoms with van der Waals surface area (Å²) in [6.07, 6.45) is 3.14. The second-order valence-electron chi connectivity index (χ2n) is 1.80. The lowest BCUT2D eigenvalue weighted by molar-refractivity contribution is 0.966. The molecule has 0 aromatic carbocycles. The molecule has 0 saturated heterocycles. The molecular formula is C7H10NS. The summed E-state index contributed by atoms with van der Waals surface area (Å²) in [5.74, 6) is 0. The van der Waals surface area contributed by atoms with Crippen molar-refractivity contribution in [2.75, 3.05) is 6.54 Å². The third kappa shape index (κ3) is 2.16. The van der Waals surface area contributed by atoms with Gasteiger partial charge in [0.25, 0.3) is 0 Å². The summed E-state index contributed by atoms with van der Waals surface area (Å²) in [6, 6.07) is 4.15. The largest absolute Gasteiger partial charge is 0.330 e. The number of nitrogens with two attached hydrogens (primary N) is 1. The molecule has 0 fully saturated rings. The fraction of sp³-hybridized carbons (Fsp3) is 0.286. The van der Waals surface area contributed by atoms with Crippen LogP contribution in [0.4, 0.5) is 0 Å². The van der Waals surface area contributed by atoms with Crippen molar-refractivity contribution < 1.29 is 0 Å². The van der Waals surface area contributed by atoms with E-state index in [1.807, 2.05) is 6.07 Å². The normalized spacial score (nSPS) is 9.89. The van der Waals surface area contributed by atoms with Crippen LogP contribution in [0, 0.1) is 6.42 Å². The lowest BCUT2D eigenvalue weighted by Crippen LogP contribution is -1.97. The minimum absolute atomic E-state index is 0.748. The first kappa shape index (κ1) is 6.78. The van der Waals surface area contributed by atoms with Gasteiger partial charge in [0.2, 0.25) is 0 Å². The highest BCUT2D eigenvalue weighted by Crippen LogP contribution is 2.11. The molecule has 0 aliphatic carbocycles. The van der Waals surface area contributed by atoms with Crippen molar-refractivity contribution in [3.05, 3.63) is 28.8 Å². The molecule has 1 aromatic rings. The highest BCUT2D eigenvalue weighted by Gasteiger charge is 1.90. The molecule has 1 radical (unpaired) electrons. The lowest BCUT2D eigenvalue weighted by Gasteiger charge is -1.90. The molecule has 0 saturated carbocycles. The van der Waals surface area contributed by atoms with Crippen molar-refractivity contribution in [2.45, 2.75) is 6.42 Å². The molecule has 9 heavy (non-hydrogen) atoms. The molecule has 0 spiro atoms. The molecule has 0 atom stereocenters. The Balaban J connectivity index is 2.30. The quantitative estimate of drug-likeness (QED) is 0.678. The van der Waals surface area contributed by atoms with Gasteiger partial charge < -0.3 is 5.73 Å². The Kier molecular flexibility index (Phi) is 2.74. The molecule has 1 heterocycles. The lowest BCUT2D eigenvalue weighted by atomic mass is 10.3. The maximum absolute atomic E-state index is 5.32. The summed E-state index contributed by atoms with van der Waals surface area (Å²) in [5.41, 5.74) is 5.32. The molecule has 0 aliphatic heterocycles. The second kappa shape index (κ2) is 3.64. The van der Waals surface area contributed by atoms with Gasteiger partial charge in [-0.05, 0) is 24.4 Å². The first-order valence-electron chi connectivity index (χ1n) is 3.00. The van der Waals surface area contributed by atoms with Crippen molar-refractivity contribution in [3.63, 3.8) is 0 Å². The average Bonchev–Trinajstić information content (AvgIpc) is 2.34. The Morgan fingerprint density at radius 2 is 2.56 bits per heavy atom. The number of hydrogen-bond donors (Lipinski definition) is 1. The highest BCUT2D eigenvalue weighted by molar-refractivity contribution is 7.10. The maximum atomic E-state index is 5.32. The molecule has 2 heteroatoms. The van der Waals surface area contributed by atoms with Gasteiger partial charge in [0.15, 0.2) is 0 Å². The van der Waals surface area contributed by atoms with Gasteiger partial charge in [-0.15, -0.1) is 11.3 Å². The smallest absolute Gasteiger partial charge is 0.00830 e. The predicted molar refractivity (Wildman–Crippen MR) is 41.4 cm³/mol. The van der Waals surface area contributed by atoms with Gasteiger partial charge >= 0.3 is 0 Å².